The predicted molar refractivity (Wildman–Crippen MR) is 139 cm³/mol. The molecule has 1 aromatic heterocycles. The Labute approximate surface area is 201 Å². The predicted octanol–water partition coefficient (Wildman–Crippen LogP) is 6.65. The van der Waals surface area contributed by atoms with Crippen molar-refractivity contribution in [3.63, 3.8) is 0 Å². The Hall–Kier alpha value is -2.79. The van der Waals surface area contributed by atoms with E-state index in [-0.39, 0.29) is 5.91 Å². The zero-order chi connectivity index (χ0) is 23.2. The van der Waals surface area contributed by atoms with E-state index in [9.17, 15) is 4.79 Å². The molecule has 2 fully saturated rings. The molecule has 2 N–H and O–H groups in total. The van der Waals surface area contributed by atoms with Crippen molar-refractivity contribution in [2.75, 3.05) is 35.2 Å². The summed E-state index contributed by atoms with van der Waals surface area (Å²) in [6.07, 6.45) is 10.4. The van der Waals surface area contributed by atoms with Gasteiger partial charge in [0.2, 0.25) is 0 Å². The largest absolute Gasteiger partial charge is 0.371 e. The number of anilines is 3. The van der Waals surface area contributed by atoms with Gasteiger partial charge in [-0.25, -0.2) is 4.98 Å². The van der Waals surface area contributed by atoms with Gasteiger partial charge < -0.3 is 15.5 Å². The quantitative estimate of drug-likeness (QED) is 0.305. The second-order valence-electron chi connectivity index (χ2n) is 8.98. The van der Waals surface area contributed by atoms with Crippen LogP contribution in [0.5, 0.6) is 0 Å². The lowest BCUT2D eigenvalue weighted by Crippen LogP contribution is -2.35. The molecule has 1 aliphatic heterocycles. The van der Waals surface area contributed by atoms with Gasteiger partial charge in [-0.1, -0.05) is 29.8 Å². The van der Waals surface area contributed by atoms with E-state index in [0.29, 0.717) is 28.2 Å². The zero-order valence-electron chi connectivity index (χ0n) is 19.2. The highest BCUT2D eigenvalue weighted by Gasteiger charge is 2.27. The minimum Gasteiger partial charge on any atom is -0.371 e. The van der Waals surface area contributed by atoms with Gasteiger partial charge in [0, 0.05) is 24.7 Å². The van der Waals surface area contributed by atoms with E-state index in [1.807, 2.05) is 30.4 Å². The van der Waals surface area contributed by atoms with Crippen LogP contribution >= 0.6 is 11.6 Å². The third-order valence-electron chi connectivity index (χ3n) is 6.49. The molecule has 0 bridgehead atoms. The molecule has 1 amide bonds. The number of halogens is 1. The first-order chi connectivity index (χ1) is 16.1. The van der Waals surface area contributed by atoms with Crippen LogP contribution in [0.25, 0.3) is 0 Å². The molecule has 0 radical (unpaired) electrons. The van der Waals surface area contributed by atoms with E-state index in [1.165, 1.54) is 18.4 Å². The van der Waals surface area contributed by atoms with Crippen LogP contribution in [0.1, 0.15) is 60.4 Å². The molecule has 0 atom stereocenters. The molecule has 1 aromatic carbocycles. The minimum absolute atomic E-state index is 0.168. The molecule has 4 rings (SSSR count). The minimum atomic E-state index is -0.168. The fourth-order valence-electron chi connectivity index (χ4n) is 4.48. The topological polar surface area (TPSA) is 57.3 Å². The highest BCUT2D eigenvalue weighted by molar-refractivity contribution is 6.31. The van der Waals surface area contributed by atoms with E-state index in [4.69, 9.17) is 16.6 Å². The Morgan fingerprint density at radius 1 is 1.12 bits per heavy atom. The SMILES string of the molecule is C=CCCNc1nc(NC(=O)c2ccc(Cl)cc2N2CCC(CC=C)CC2)ccc1C1CC1. The zero-order valence-corrected chi connectivity index (χ0v) is 19.9. The van der Waals surface area contributed by atoms with E-state index < -0.39 is 0 Å². The van der Waals surface area contributed by atoms with Crippen LogP contribution in [0.15, 0.2) is 55.6 Å². The maximum atomic E-state index is 13.3. The van der Waals surface area contributed by atoms with Crippen LogP contribution in [-0.4, -0.2) is 30.5 Å². The lowest BCUT2D eigenvalue weighted by atomic mass is 9.93. The highest BCUT2D eigenvalue weighted by Crippen LogP contribution is 2.43. The van der Waals surface area contributed by atoms with Gasteiger partial charge >= 0.3 is 0 Å². The van der Waals surface area contributed by atoms with Gasteiger partial charge in [0.25, 0.3) is 5.91 Å². The molecule has 33 heavy (non-hydrogen) atoms. The van der Waals surface area contributed by atoms with Gasteiger partial charge in [-0.15, -0.1) is 13.2 Å². The first-order valence-electron chi connectivity index (χ1n) is 11.9. The van der Waals surface area contributed by atoms with Gasteiger partial charge in [-0.3, -0.25) is 4.79 Å². The summed E-state index contributed by atoms with van der Waals surface area (Å²) in [5, 5.41) is 7.05. The number of piperidine rings is 1. The van der Waals surface area contributed by atoms with Crippen LogP contribution < -0.4 is 15.5 Å². The van der Waals surface area contributed by atoms with Crippen molar-refractivity contribution in [2.45, 2.75) is 44.4 Å². The van der Waals surface area contributed by atoms with Crippen molar-refractivity contribution < 1.29 is 4.79 Å². The number of benzene rings is 1. The number of amides is 1. The fourth-order valence-corrected chi connectivity index (χ4v) is 4.65. The third-order valence-corrected chi connectivity index (χ3v) is 6.72. The maximum absolute atomic E-state index is 13.3. The van der Waals surface area contributed by atoms with E-state index in [2.05, 4.69) is 34.8 Å². The number of aromatic nitrogens is 1. The standard InChI is InChI=1S/C27H33ClN4O/c1-3-5-15-29-26-22(20-7-8-20)11-12-25(30-26)31-27(33)23-10-9-21(28)18-24(23)32-16-13-19(6-4-2)14-17-32/h3-4,9-12,18-20H,1-2,5-8,13-17H2,(H2,29,30,31,33). The Morgan fingerprint density at radius 3 is 2.61 bits per heavy atom. The number of pyridine rings is 1. The smallest absolute Gasteiger partial charge is 0.258 e. The normalized spacial score (nSPS) is 16.3. The van der Waals surface area contributed by atoms with Crippen molar-refractivity contribution in [2.24, 2.45) is 5.92 Å². The summed E-state index contributed by atoms with van der Waals surface area (Å²) in [6, 6.07) is 9.47. The van der Waals surface area contributed by atoms with E-state index in [1.54, 1.807) is 6.07 Å². The monoisotopic (exact) mass is 464 g/mol. The average Bonchev–Trinajstić information content (AvgIpc) is 3.65. The summed E-state index contributed by atoms with van der Waals surface area (Å²) < 4.78 is 0. The molecule has 5 nitrogen and oxygen atoms in total. The van der Waals surface area contributed by atoms with E-state index in [0.717, 1.165) is 56.8 Å². The van der Waals surface area contributed by atoms with Crippen molar-refractivity contribution in [1.82, 2.24) is 4.98 Å². The average molecular weight is 465 g/mol. The molecule has 0 spiro atoms. The number of carbonyl (C=O) groups is 1. The lowest BCUT2D eigenvalue weighted by molar-refractivity contribution is 0.102. The maximum Gasteiger partial charge on any atom is 0.258 e. The van der Waals surface area contributed by atoms with Gasteiger partial charge in [0.05, 0.1) is 11.3 Å². The molecular formula is C27H33ClN4O. The fraction of sp³-hybridized carbons (Fsp3) is 0.407. The van der Waals surface area contributed by atoms with Crippen molar-refractivity contribution in [3.8, 4) is 0 Å². The van der Waals surface area contributed by atoms with Gasteiger partial charge in [-0.2, -0.15) is 0 Å². The number of allylic oxidation sites excluding steroid dienone is 1. The molecule has 1 saturated carbocycles. The summed E-state index contributed by atoms with van der Waals surface area (Å²) in [4.78, 5) is 20.3. The lowest BCUT2D eigenvalue weighted by Gasteiger charge is -2.34. The van der Waals surface area contributed by atoms with Crippen LogP contribution in [0.4, 0.5) is 17.3 Å². The summed E-state index contributed by atoms with van der Waals surface area (Å²) in [5.41, 5.74) is 2.73. The van der Waals surface area contributed by atoms with Gasteiger partial charge in [-0.05, 0) is 80.2 Å². The van der Waals surface area contributed by atoms with Crippen molar-refractivity contribution in [3.05, 3.63) is 71.8 Å². The Bertz CT molecular complexity index is 1010. The summed E-state index contributed by atoms with van der Waals surface area (Å²) in [5.74, 6) is 2.48. The molecule has 2 aliphatic rings. The molecular weight excluding hydrogens is 432 g/mol. The number of nitrogens with one attached hydrogen (secondary N) is 2. The Morgan fingerprint density at radius 2 is 1.91 bits per heavy atom. The number of hydrogen-bond donors (Lipinski definition) is 2. The summed E-state index contributed by atoms with van der Waals surface area (Å²) >= 11 is 6.31. The molecule has 174 valence electrons. The summed E-state index contributed by atoms with van der Waals surface area (Å²) in [7, 11) is 0. The van der Waals surface area contributed by atoms with Gasteiger partial charge in [0.15, 0.2) is 0 Å². The first kappa shape index (κ1) is 23.4. The second kappa shape index (κ2) is 10.9. The van der Waals surface area contributed by atoms with Crippen LogP contribution in [-0.2, 0) is 0 Å². The van der Waals surface area contributed by atoms with Crippen LogP contribution in [0.3, 0.4) is 0 Å². The van der Waals surface area contributed by atoms with Gasteiger partial charge in [0.1, 0.15) is 11.6 Å². The molecule has 1 aliphatic carbocycles. The van der Waals surface area contributed by atoms with E-state index >= 15 is 0 Å². The van der Waals surface area contributed by atoms with Crippen LogP contribution in [0.2, 0.25) is 5.02 Å². The number of nitrogens with zero attached hydrogens (tertiary/aromatic N) is 2. The molecule has 6 heteroatoms. The number of hydrogen-bond acceptors (Lipinski definition) is 4. The molecule has 2 aromatic rings. The summed E-state index contributed by atoms with van der Waals surface area (Å²) in [6.45, 7) is 10.2. The molecule has 2 heterocycles. The molecule has 0 unspecified atom stereocenters. The third kappa shape index (κ3) is 5.97. The first-order valence-corrected chi connectivity index (χ1v) is 12.3. The number of carbonyl (C=O) groups excluding carboxylic acids is 1. The molecule has 1 saturated heterocycles. The van der Waals surface area contributed by atoms with Crippen LogP contribution in [0, 0.1) is 5.92 Å². The second-order valence-corrected chi connectivity index (χ2v) is 9.42. The highest BCUT2D eigenvalue weighted by atomic mass is 35.5. The number of rotatable bonds is 10. The van der Waals surface area contributed by atoms with Crippen molar-refractivity contribution >= 4 is 34.8 Å². The Balaban J connectivity index is 1.51. The Kier molecular flexibility index (Phi) is 7.71. The van der Waals surface area contributed by atoms with Crippen molar-refractivity contribution in [1.29, 1.82) is 0 Å².